The zero-order valence-electron chi connectivity index (χ0n) is 17.5. The summed E-state index contributed by atoms with van der Waals surface area (Å²) in [7, 11) is 0. The first kappa shape index (κ1) is 21.6. The fraction of sp³-hybridized carbons (Fsp3) is 0.190. The van der Waals surface area contributed by atoms with Crippen LogP contribution in [0.4, 0.5) is 11.4 Å². The van der Waals surface area contributed by atoms with Crippen molar-refractivity contribution >= 4 is 28.9 Å². The van der Waals surface area contributed by atoms with Crippen LogP contribution in [0.25, 0.3) is 16.9 Å². The minimum atomic E-state index is -0.541. The van der Waals surface area contributed by atoms with Gasteiger partial charge in [0.05, 0.1) is 23.4 Å². The summed E-state index contributed by atoms with van der Waals surface area (Å²) in [6.07, 6.45) is 5.49. The Bertz CT molecular complexity index is 1340. The maximum atomic E-state index is 12.4. The van der Waals surface area contributed by atoms with Gasteiger partial charge in [-0.25, -0.2) is 14.3 Å². The molecule has 4 rings (SSSR count). The molecule has 4 aromatic rings. The Morgan fingerprint density at radius 3 is 2.82 bits per heavy atom. The number of nitrogens with zero attached hydrogens (tertiary/aromatic N) is 6. The molecular formula is C21H19N7O5. The number of carbonyl (C=O) groups is 2. The zero-order valence-corrected chi connectivity index (χ0v) is 17.5. The van der Waals surface area contributed by atoms with Crippen molar-refractivity contribution in [3.05, 3.63) is 70.8 Å². The Morgan fingerprint density at radius 2 is 2.06 bits per heavy atom. The van der Waals surface area contributed by atoms with Gasteiger partial charge in [-0.05, 0) is 25.1 Å². The van der Waals surface area contributed by atoms with Crippen molar-refractivity contribution in [3.8, 4) is 11.3 Å². The summed E-state index contributed by atoms with van der Waals surface area (Å²) in [4.78, 5) is 38.9. The number of hydrogen-bond acceptors (Lipinski definition) is 8. The number of rotatable bonds is 8. The lowest BCUT2D eigenvalue weighted by molar-refractivity contribution is -0.385. The molecule has 0 spiro atoms. The number of hydrogen-bond donors (Lipinski definition) is 1. The second-order valence-corrected chi connectivity index (χ2v) is 6.94. The lowest BCUT2D eigenvalue weighted by Gasteiger charge is -2.09. The molecule has 3 heterocycles. The van der Waals surface area contributed by atoms with E-state index in [9.17, 15) is 19.7 Å². The van der Waals surface area contributed by atoms with Crippen molar-refractivity contribution in [2.24, 2.45) is 0 Å². The molecule has 0 unspecified atom stereocenters. The molecule has 33 heavy (non-hydrogen) atoms. The molecule has 0 atom stereocenters. The summed E-state index contributed by atoms with van der Waals surface area (Å²) in [6.45, 7) is 2.17. The normalized spacial score (nSPS) is 10.8. The van der Waals surface area contributed by atoms with Crippen molar-refractivity contribution < 1.29 is 19.2 Å². The zero-order chi connectivity index (χ0) is 23.4. The lowest BCUT2D eigenvalue weighted by atomic mass is 10.1. The topological polar surface area (TPSA) is 147 Å². The Hall–Kier alpha value is -4.61. The Labute approximate surface area is 187 Å². The third-order valence-corrected chi connectivity index (χ3v) is 4.74. The largest absolute Gasteiger partial charge is 0.462 e. The van der Waals surface area contributed by atoms with Gasteiger partial charge in [0.15, 0.2) is 5.65 Å². The molecule has 12 nitrogen and oxygen atoms in total. The van der Waals surface area contributed by atoms with Gasteiger partial charge in [0, 0.05) is 30.4 Å². The second kappa shape index (κ2) is 9.26. The highest BCUT2D eigenvalue weighted by Crippen LogP contribution is 2.24. The number of aryl methyl sites for hydroxylation is 1. The first-order valence-electron chi connectivity index (χ1n) is 10.0. The molecule has 0 saturated carbocycles. The highest BCUT2D eigenvalue weighted by atomic mass is 16.6. The number of carbonyl (C=O) groups excluding carboxylic acids is 2. The Kier molecular flexibility index (Phi) is 6.06. The van der Waals surface area contributed by atoms with Gasteiger partial charge in [-0.3, -0.25) is 19.6 Å². The van der Waals surface area contributed by atoms with Crippen LogP contribution in [-0.2, 0) is 16.1 Å². The third kappa shape index (κ3) is 4.69. The van der Waals surface area contributed by atoms with Crippen LogP contribution in [0.1, 0.15) is 23.7 Å². The van der Waals surface area contributed by atoms with E-state index in [1.165, 1.54) is 21.6 Å². The van der Waals surface area contributed by atoms with Crippen LogP contribution in [0, 0.1) is 10.1 Å². The molecule has 0 aliphatic carbocycles. The molecule has 12 heteroatoms. The SMILES string of the molecule is CCOC(=O)c1cnn2c(-c3cccc(NC(=O)CCn4cc([N+](=O)[O-])cn4)c3)ccnc12. The Balaban J connectivity index is 1.49. The Morgan fingerprint density at radius 1 is 1.21 bits per heavy atom. The summed E-state index contributed by atoms with van der Waals surface area (Å²) in [6, 6.07) is 8.89. The number of benzene rings is 1. The maximum Gasteiger partial charge on any atom is 0.343 e. The van der Waals surface area contributed by atoms with E-state index in [1.54, 1.807) is 37.4 Å². The second-order valence-electron chi connectivity index (χ2n) is 6.94. The number of anilines is 1. The average molecular weight is 449 g/mol. The predicted molar refractivity (Wildman–Crippen MR) is 117 cm³/mol. The molecule has 0 aliphatic rings. The van der Waals surface area contributed by atoms with Crippen molar-refractivity contribution in [1.29, 1.82) is 0 Å². The van der Waals surface area contributed by atoms with Gasteiger partial charge in [-0.15, -0.1) is 0 Å². The molecule has 3 aromatic heterocycles. The number of amides is 1. The van der Waals surface area contributed by atoms with Gasteiger partial charge in [0.25, 0.3) is 0 Å². The quantitative estimate of drug-likeness (QED) is 0.245. The van der Waals surface area contributed by atoms with Crippen molar-refractivity contribution in [1.82, 2.24) is 24.4 Å². The fourth-order valence-corrected chi connectivity index (χ4v) is 3.23. The molecule has 1 amide bonds. The molecule has 0 saturated heterocycles. The fourth-order valence-electron chi connectivity index (χ4n) is 3.23. The van der Waals surface area contributed by atoms with Crippen LogP contribution in [0.5, 0.6) is 0 Å². The first-order valence-corrected chi connectivity index (χ1v) is 10.0. The highest BCUT2D eigenvalue weighted by molar-refractivity contribution is 5.96. The molecular weight excluding hydrogens is 430 g/mol. The van der Waals surface area contributed by atoms with Crippen LogP contribution in [0.15, 0.2) is 55.1 Å². The number of nitro groups is 1. The van der Waals surface area contributed by atoms with Gasteiger partial charge in [-0.2, -0.15) is 10.2 Å². The monoisotopic (exact) mass is 449 g/mol. The van der Waals surface area contributed by atoms with Gasteiger partial charge in [0.2, 0.25) is 5.91 Å². The number of fused-ring (bicyclic) bond motifs is 1. The standard InChI is InChI=1S/C21H19N7O5/c1-2-33-21(30)17-12-24-27-18(6-8-22-20(17)27)14-4-3-5-15(10-14)25-19(29)7-9-26-13-16(11-23-26)28(31)32/h3-6,8,10-13H,2,7,9H2,1H3,(H,25,29). The van der Waals surface area contributed by atoms with E-state index in [2.05, 4.69) is 20.5 Å². The smallest absolute Gasteiger partial charge is 0.343 e. The summed E-state index contributed by atoms with van der Waals surface area (Å²) < 4.78 is 7.94. The molecule has 0 bridgehead atoms. The molecule has 0 radical (unpaired) electrons. The van der Waals surface area contributed by atoms with Crippen LogP contribution < -0.4 is 5.32 Å². The van der Waals surface area contributed by atoms with E-state index in [4.69, 9.17) is 4.74 Å². The maximum absolute atomic E-state index is 12.4. The summed E-state index contributed by atoms with van der Waals surface area (Å²) in [5.41, 5.74) is 2.50. The summed E-state index contributed by atoms with van der Waals surface area (Å²) >= 11 is 0. The molecule has 1 N–H and O–H groups in total. The number of ether oxygens (including phenoxy) is 1. The van der Waals surface area contributed by atoms with E-state index in [1.807, 2.05) is 6.07 Å². The summed E-state index contributed by atoms with van der Waals surface area (Å²) in [5, 5.41) is 21.7. The van der Waals surface area contributed by atoms with Crippen LogP contribution in [0.2, 0.25) is 0 Å². The van der Waals surface area contributed by atoms with E-state index in [0.29, 0.717) is 17.0 Å². The lowest BCUT2D eigenvalue weighted by Crippen LogP contribution is -2.14. The highest BCUT2D eigenvalue weighted by Gasteiger charge is 2.17. The van der Waals surface area contributed by atoms with Crippen LogP contribution in [-0.4, -0.2) is 47.8 Å². The number of aromatic nitrogens is 5. The van der Waals surface area contributed by atoms with Crippen LogP contribution in [0.3, 0.4) is 0 Å². The van der Waals surface area contributed by atoms with E-state index in [0.717, 1.165) is 11.8 Å². The first-order chi connectivity index (χ1) is 16.0. The molecule has 0 fully saturated rings. The van der Waals surface area contributed by atoms with Crippen LogP contribution >= 0.6 is 0 Å². The predicted octanol–water partition coefficient (Wildman–Crippen LogP) is 2.71. The van der Waals surface area contributed by atoms with Gasteiger partial charge in [0.1, 0.15) is 18.0 Å². The number of esters is 1. The number of nitrogens with one attached hydrogen (secondary N) is 1. The van der Waals surface area contributed by atoms with Crippen molar-refractivity contribution in [3.63, 3.8) is 0 Å². The summed E-state index contributed by atoms with van der Waals surface area (Å²) in [5.74, 6) is -0.769. The van der Waals surface area contributed by atoms with E-state index >= 15 is 0 Å². The third-order valence-electron chi connectivity index (χ3n) is 4.74. The van der Waals surface area contributed by atoms with Gasteiger partial charge in [-0.1, -0.05) is 12.1 Å². The van der Waals surface area contributed by atoms with E-state index in [-0.39, 0.29) is 36.7 Å². The molecule has 168 valence electrons. The minimum absolute atomic E-state index is 0.0879. The van der Waals surface area contributed by atoms with E-state index < -0.39 is 10.9 Å². The average Bonchev–Trinajstić information content (AvgIpc) is 3.45. The van der Waals surface area contributed by atoms with Crippen molar-refractivity contribution in [2.45, 2.75) is 19.9 Å². The van der Waals surface area contributed by atoms with Crippen molar-refractivity contribution in [2.75, 3.05) is 11.9 Å². The van der Waals surface area contributed by atoms with Gasteiger partial charge < -0.3 is 10.1 Å². The van der Waals surface area contributed by atoms with Gasteiger partial charge >= 0.3 is 11.7 Å². The molecule has 1 aromatic carbocycles. The molecule has 0 aliphatic heterocycles. The minimum Gasteiger partial charge on any atom is -0.462 e.